The second-order valence-corrected chi connectivity index (χ2v) is 6.69. The quantitative estimate of drug-likeness (QED) is 0.735. The molecule has 1 saturated heterocycles. The predicted octanol–water partition coefficient (Wildman–Crippen LogP) is 2.64. The fourth-order valence-corrected chi connectivity index (χ4v) is 3.16. The number of benzene rings is 1. The van der Waals surface area contributed by atoms with E-state index in [1.165, 1.54) is 5.56 Å². The number of rotatable bonds is 3. The van der Waals surface area contributed by atoms with E-state index >= 15 is 0 Å². The fourth-order valence-electron chi connectivity index (χ4n) is 2.66. The van der Waals surface area contributed by atoms with Gasteiger partial charge in [0.25, 0.3) is 5.91 Å². The third-order valence-corrected chi connectivity index (χ3v) is 4.45. The highest BCUT2D eigenvalue weighted by atomic mass is 127. The Morgan fingerprint density at radius 1 is 1.09 bits per heavy atom. The van der Waals surface area contributed by atoms with Crippen LogP contribution in [-0.4, -0.2) is 46.9 Å². The molecule has 0 atom stereocenters. The number of hydrogen-bond acceptors (Lipinski definition) is 3. The molecule has 0 unspecified atom stereocenters. The van der Waals surface area contributed by atoms with Gasteiger partial charge in [-0.3, -0.25) is 14.7 Å². The maximum absolute atomic E-state index is 12.5. The minimum absolute atomic E-state index is 0.0883. The van der Waals surface area contributed by atoms with E-state index in [-0.39, 0.29) is 5.91 Å². The summed E-state index contributed by atoms with van der Waals surface area (Å²) in [6, 6.07) is 12.4. The number of piperazine rings is 1. The van der Waals surface area contributed by atoms with E-state index in [0.717, 1.165) is 36.3 Å². The van der Waals surface area contributed by atoms with Crippen LogP contribution in [0.4, 0.5) is 0 Å². The zero-order chi connectivity index (χ0) is 15.4. The summed E-state index contributed by atoms with van der Waals surface area (Å²) < 4.78 is 0.992. The molecule has 2 aromatic rings. The molecular weight excluding hydrogens is 389 g/mol. The minimum Gasteiger partial charge on any atom is -0.336 e. The Morgan fingerprint density at radius 3 is 2.50 bits per heavy atom. The summed E-state index contributed by atoms with van der Waals surface area (Å²) in [7, 11) is 0. The molecule has 1 aliphatic rings. The molecule has 0 N–H and O–H groups in total. The van der Waals surface area contributed by atoms with Gasteiger partial charge in [-0.05, 0) is 34.2 Å². The van der Waals surface area contributed by atoms with Crippen molar-refractivity contribution < 1.29 is 4.79 Å². The number of aromatic nitrogens is 1. The van der Waals surface area contributed by atoms with Crippen molar-refractivity contribution in [3.63, 3.8) is 0 Å². The van der Waals surface area contributed by atoms with Crippen LogP contribution in [0.2, 0.25) is 0 Å². The van der Waals surface area contributed by atoms with Gasteiger partial charge in [0, 0.05) is 48.7 Å². The van der Waals surface area contributed by atoms with Gasteiger partial charge in [0.1, 0.15) is 0 Å². The molecule has 5 heteroatoms. The van der Waals surface area contributed by atoms with Crippen LogP contribution >= 0.6 is 22.6 Å². The largest absolute Gasteiger partial charge is 0.336 e. The molecule has 0 radical (unpaired) electrons. The van der Waals surface area contributed by atoms with Gasteiger partial charge in [-0.1, -0.05) is 30.3 Å². The molecule has 1 aliphatic heterocycles. The van der Waals surface area contributed by atoms with Gasteiger partial charge in [0.2, 0.25) is 0 Å². The molecule has 22 heavy (non-hydrogen) atoms. The summed E-state index contributed by atoms with van der Waals surface area (Å²) >= 11 is 2.18. The lowest BCUT2D eigenvalue weighted by atomic mass is 10.2. The molecule has 1 aromatic heterocycles. The van der Waals surface area contributed by atoms with Crippen LogP contribution in [0, 0.1) is 3.57 Å². The monoisotopic (exact) mass is 407 g/mol. The van der Waals surface area contributed by atoms with E-state index in [0.29, 0.717) is 5.56 Å². The summed E-state index contributed by atoms with van der Waals surface area (Å²) in [4.78, 5) is 20.9. The summed E-state index contributed by atoms with van der Waals surface area (Å²) in [6.45, 7) is 4.33. The number of halogens is 1. The zero-order valence-electron chi connectivity index (χ0n) is 12.3. The van der Waals surface area contributed by atoms with E-state index < -0.39 is 0 Å². The normalized spacial score (nSPS) is 15.8. The van der Waals surface area contributed by atoms with Crippen LogP contribution < -0.4 is 0 Å². The molecule has 1 aromatic carbocycles. The molecule has 2 heterocycles. The molecule has 1 amide bonds. The number of carbonyl (C=O) groups is 1. The molecule has 3 rings (SSSR count). The highest BCUT2D eigenvalue weighted by Crippen LogP contribution is 2.12. The second-order valence-electron chi connectivity index (χ2n) is 5.45. The number of hydrogen-bond donors (Lipinski definition) is 0. The van der Waals surface area contributed by atoms with Crippen molar-refractivity contribution in [1.29, 1.82) is 0 Å². The molecule has 0 spiro atoms. The number of amides is 1. The van der Waals surface area contributed by atoms with Crippen LogP contribution in [0.25, 0.3) is 0 Å². The van der Waals surface area contributed by atoms with Gasteiger partial charge in [-0.2, -0.15) is 0 Å². The Hall–Kier alpha value is -1.47. The van der Waals surface area contributed by atoms with Gasteiger partial charge >= 0.3 is 0 Å². The summed E-state index contributed by atoms with van der Waals surface area (Å²) in [5, 5.41) is 0. The first-order valence-corrected chi connectivity index (χ1v) is 8.46. The maximum atomic E-state index is 12.5. The molecule has 0 bridgehead atoms. The predicted molar refractivity (Wildman–Crippen MR) is 94.6 cm³/mol. The molecule has 1 fully saturated rings. The first-order valence-electron chi connectivity index (χ1n) is 7.38. The summed E-state index contributed by atoms with van der Waals surface area (Å²) in [6.07, 6.45) is 3.41. The third kappa shape index (κ3) is 3.84. The van der Waals surface area contributed by atoms with Crippen LogP contribution in [0.1, 0.15) is 15.9 Å². The maximum Gasteiger partial charge on any atom is 0.255 e. The SMILES string of the molecule is O=C(c1cncc(I)c1)N1CCN(Cc2ccccc2)CC1. The first-order chi connectivity index (χ1) is 10.7. The standard InChI is InChI=1S/C17H18IN3O/c18-16-10-15(11-19-12-16)17(22)21-8-6-20(7-9-21)13-14-4-2-1-3-5-14/h1-5,10-12H,6-9,13H2. The lowest BCUT2D eigenvalue weighted by Gasteiger charge is -2.34. The van der Waals surface area contributed by atoms with Crippen molar-refractivity contribution in [1.82, 2.24) is 14.8 Å². The molecular formula is C17H18IN3O. The average molecular weight is 407 g/mol. The lowest BCUT2D eigenvalue weighted by Crippen LogP contribution is -2.48. The molecule has 0 aliphatic carbocycles. The van der Waals surface area contributed by atoms with Gasteiger partial charge in [-0.15, -0.1) is 0 Å². The number of pyridine rings is 1. The Bertz CT molecular complexity index is 639. The van der Waals surface area contributed by atoms with Crippen molar-refractivity contribution in [2.24, 2.45) is 0 Å². The summed E-state index contributed by atoms with van der Waals surface area (Å²) in [5.41, 5.74) is 2.01. The molecule has 0 saturated carbocycles. The number of carbonyl (C=O) groups excluding carboxylic acids is 1. The smallest absolute Gasteiger partial charge is 0.255 e. The molecule has 114 valence electrons. The zero-order valence-corrected chi connectivity index (χ0v) is 14.4. The Labute approximate surface area is 144 Å². The average Bonchev–Trinajstić information content (AvgIpc) is 2.56. The Morgan fingerprint density at radius 2 is 1.82 bits per heavy atom. The van der Waals surface area contributed by atoms with Crippen molar-refractivity contribution in [2.75, 3.05) is 26.2 Å². The number of nitrogens with zero attached hydrogens (tertiary/aromatic N) is 3. The van der Waals surface area contributed by atoms with Gasteiger partial charge < -0.3 is 4.90 Å². The van der Waals surface area contributed by atoms with E-state index in [1.54, 1.807) is 12.4 Å². The minimum atomic E-state index is 0.0883. The third-order valence-electron chi connectivity index (χ3n) is 3.86. The highest BCUT2D eigenvalue weighted by molar-refractivity contribution is 14.1. The van der Waals surface area contributed by atoms with E-state index in [9.17, 15) is 4.79 Å². The van der Waals surface area contributed by atoms with Crippen molar-refractivity contribution >= 4 is 28.5 Å². The van der Waals surface area contributed by atoms with Crippen molar-refractivity contribution in [2.45, 2.75) is 6.54 Å². The van der Waals surface area contributed by atoms with Crippen molar-refractivity contribution in [3.8, 4) is 0 Å². The van der Waals surface area contributed by atoms with Gasteiger partial charge in [-0.25, -0.2) is 0 Å². The van der Waals surface area contributed by atoms with Crippen LogP contribution in [-0.2, 0) is 6.54 Å². The highest BCUT2D eigenvalue weighted by Gasteiger charge is 2.22. The van der Waals surface area contributed by atoms with Crippen LogP contribution in [0.15, 0.2) is 48.8 Å². The van der Waals surface area contributed by atoms with Gasteiger partial charge in [0.15, 0.2) is 0 Å². The summed E-state index contributed by atoms with van der Waals surface area (Å²) in [5.74, 6) is 0.0883. The van der Waals surface area contributed by atoms with Gasteiger partial charge in [0.05, 0.1) is 5.56 Å². The van der Waals surface area contributed by atoms with Crippen molar-refractivity contribution in [3.05, 3.63) is 63.5 Å². The van der Waals surface area contributed by atoms with E-state index in [1.807, 2.05) is 17.0 Å². The second kappa shape index (κ2) is 7.19. The topological polar surface area (TPSA) is 36.4 Å². The molecule has 4 nitrogen and oxygen atoms in total. The Kier molecular flexibility index (Phi) is 5.04. The lowest BCUT2D eigenvalue weighted by molar-refractivity contribution is 0.0628. The van der Waals surface area contributed by atoms with E-state index in [4.69, 9.17) is 0 Å². The van der Waals surface area contributed by atoms with Crippen LogP contribution in [0.5, 0.6) is 0 Å². The van der Waals surface area contributed by atoms with Crippen LogP contribution in [0.3, 0.4) is 0 Å². The Balaban J connectivity index is 1.56. The van der Waals surface area contributed by atoms with E-state index in [2.05, 4.69) is 56.7 Å². The first kappa shape index (κ1) is 15.4. The fraction of sp³-hybridized carbons (Fsp3) is 0.294.